The number of likely N-dealkylation sites (N-methyl/N-ethyl adjacent to an activating group) is 1. The summed E-state index contributed by atoms with van der Waals surface area (Å²) in [4.78, 5) is 25.9. The van der Waals surface area contributed by atoms with Crippen LogP contribution in [0.15, 0.2) is 30.3 Å². The minimum absolute atomic E-state index is 0.00141. The molecule has 0 amide bonds. The lowest BCUT2D eigenvalue weighted by molar-refractivity contribution is -0.192. The molecule has 0 aliphatic carbocycles. The lowest BCUT2D eigenvalue weighted by Crippen LogP contribution is -2.46. The molecule has 0 saturated carbocycles. The van der Waals surface area contributed by atoms with E-state index in [1.807, 2.05) is 4.90 Å². The second kappa shape index (κ2) is 11.2. The third kappa shape index (κ3) is 6.51. The first-order valence-corrected chi connectivity index (χ1v) is 11.4. The Bertz CT molecular complexity index is 1290. The summed E-state index contributed by atoms with van der Waals surface area (Å²) >= 11 is 0. The molecule has 3 aromatic rings. The van der Waals surface area contributed by atoms with Gasteiger partial charge in [0.25, 0.3) is 0 Å². The fourth-order valence-electron chi connectivity index (χ4n) is 3.97. The van der Waals surface area contributed by atoms with Gasteiger partial charge in [-0.15, -0.1) is 0 Å². The van der Waals surface area contributed by atoms with Crippen LogP contribution in [-0.2, 0) is 11.0 Å². The smallest absolute Gasteiger partial charge is 0.475 e. The van der Waals surface area contributed by atoms with Crippen LogP contribution in [0.4, 0.5) is 43.8 Å². The van der Waals surface area contributed by atoms with Crippen molar-refractivity contribution in [1.82, 2.24) is 19.9 Å². The molecule has 0 bridgehead atoms. The number of aliphatic carboxylic acids is 1. The zero-order valence-electron chi connectivity index (χ0n) is 20.4. The Balaban J connectivity index is 0.000000505. The molecule has 206 valence electrons. The van der Waals surface area contributed by atoms with Crippen LogP contribution >= 0.6 is 0 Å². The summed E-state index contributed by atoms with van der Waals surface area (Å²) in [5, 5.41) is 10.6. The number of alkyl halides is 6. The van der Waals surface area contributed by atoms with Crippen LogP contribution < -0.4 is 16.0 Å². The Morgan fingerprint density at radius 1 is 1.03 bits per heavy atom. The molecule has 9 nitrogen and oxygen atoms in total. The largest absolute Gasteiger partial charge is 0.490 e. The standard InChI is InChI=1S/C21H24F3N7.C2HF3O2/c1-3-30-9-11-31(12-10-30)16-6-4-5-14(21(22,23)24)17(16)15-8-7-13-18(26-2)28-20(25)29-19(13)27-15;3-2(4,5)1(6)7/h4-8H,3,9-12H2,1-2H3,(H3,25,26,27,28,29);(H,6,7). The monoisotopic (exact) mass is 545 g/mol. The summed E-state index contributed by atoms with van der Waals surface area (Å²) in [6.45, 7) is 5.89. The number of nitrogens with two attached hydrogens (primary N) is 1. The molecule has 0 spiro atoms. The maximum Gasteiger partial charge on any atom is 0.490 e. The van der Waals surface area contributed by atoms with Gasteiger partial charge in [0.15, 0.2) is 5.65 Å². The molecular weight excluding hydrogens is 520 g/mol. The third-order valence-corrected chi connectivity index (χ3v) is 5.82. The highest BCUT2D eigenvalue weighted by Gasteiger charge is 2.38. The van der Waals surface area contributed by atoms with Gasteiger partial charge in [0.2, 0.25) is 5.95 Å². The lowest BCUT2D eigenvalue weighted by Gasteiger charge is -2.37. The van der Waals surface area contributed by atoms with Crippen molar-refractivity contribution in [2.75, 3.05) is 55.7 Å². The van der Waals surface area contributed by atoms with Gasteiger partial charge < -0.3 is 26.0 Å². The normalized spacial score (nSPS) is 14.7. The number of pyridine rings is 1. The third-order valence-electron chi connectivity index (χ3n) is 5.82. The van der Waals surface area contributed by atoms with Crippen LogP contribution in [0.3, 0.4) is 0 Å². The highest BCUT2D eigenvalue weighted by Crippen LogP contribution is 2.42. The molecule has 4 rings (SSSR count). The predicted octanol–water partition coefficient (Wildman–Crippen LogP) is 4.11. The van der Waals surface area contributed by atoms with Crippen molar-refractivity contribution in [3.8, 4) is 11.3 Å². The van der Waals surface area contributed by atoms with E-state index in [1.165, 1.54) is 6.07 Å². The minimum Gasteiger partial charge on any atom is -0.475 e. The van der Waals surface area contributed by atoms with E-state index < -0.39 is 23.9 Å². The number of hydrogen-bond acceptors (Lipinski definition) is 8. The molecular formula is C23H25F6N7O2. The molecule has 38 heavy (non-hydrogen) atoms. The minimum atomic E-state index is -5.08. The van der Waals surface area contributed by atoms with Crippen LogP contribution in [0.2, 0.25) is 0 Å². The van der Waals surface area contributed by atoms with Gasteiger partial charge in [-0.3, -0.25) is 0 Å². The number of rotatable bonds is 4. The number of piperazine rings is 1. The van der Waals surface area contributed by atoms with Crippen LogP contribution in [0.25, 0.3) is 22.3 Å². The summed E-state index contributed by atoms with van der Waals surface area (Å²) in [6, 6.07) is 7.54. The van der Waals surface area contributed by atoms with Crippen LogP contribution in [-0.4, -0.2) is 76.9 Å². The van der Waals surface area contributed by atoms with E-state index >= 15 is 0 Å². The number of carboxylic acids is 1. The van der Waals surface area contributed by atoms with Crippen molar-refractivity contribution in [3.05, 3.63) is 35.9 Å². The number of nitrogens with zero attached hydrogens (tertiary/aromatic N) is 5. The second-order valence-electron chi connectivity index (χ2n) is 8.17. The summed E-state index contributed by atoms with van der Waals surface area (Å²) in [5.74, 6) is -2.28. The van der Waals surface area contributed by atoms with Gasteiger partial charge >= 0.3 is 18.3 Å². The molecule has 0 radical (unpaired) electrons. The Morgan fingerprint density at radius 3 is 2.18 bits per heavy atom. The van der Waals surface area contributed by atoms with Gasteiger partial charge in [-0.2, -0.15) is 36.3 Å². The number of anilines is 3. The Hall–Kier alpha value is -3.88. The molecule has 0 atom stereocenters. The number of benzene rings is 1. The summed E-state index contributed by atoms with van der Waals surface area (Å²) < 4.78 is 73.7. The van der Waals surface area contributed by atoms with Crippen molar-refractivity contribution in [1.29, 1.82) is 0 Å². The van der Waals surface area contributed by atoms with Crippen molar-refractivity contribution >= 4 is 34.5 Å². The molecule has 15 heteroatoms. The number of halogens is 6. The fourth-order valence-corrected chi connectivity index (χ4v) is 3.97. The first kappa shape index (κ1) is 28.7. The quantitative estimate of drug-likeness (QED) is 0.416. The van der Waals surface area contributed by atoms with Crippen molar-refractivity contribution in [2.45, 2.75) is 19.3 Å². The molecule has 4 N–H and O–H groups in total. The molecule has 1 aliphatic rings. The number of nitrogen functional groups attached to an aromatic ring is 1. The van der Waals surface area contributed by atoms with Gasteiger partial charge in [-0.05, 0) is 30.8 Å². The molecule has 1 saturated heterocycles. The molecule has 1 aromatic carbocycles. The first-order chi connectivity index (χ1) is 17.8. The number of carboxylic acid groups (broad SMARTS) is 1. The molecule has 1 aliphatic heterocycles. The van der Waals surface area contributed by atoms with E-state index in [9.17, 15) is 26.3 Å². The fraction of sp³-hybridized carbons (Fsp3) is 0.391. The van der Waals surface area contributed by atoms with Gasteiger partial charge in [0.05, 0.1) is 16.6 Å². The maximum atomic E-state index is 14.0. The second-order valence-corrected chi connectivity index (χ2v) is 8.17. The van der Waals surface area contributed by atoms with Crippen LogP contribution in [0, 0.1) is 0 Å². The van der Waals surface area contributed by atoms with Gasteiger partial charge in [-0.25, -0.2) is 9.78 Å². The van der Waals surface area contributed by atoms with Crippen LogP contribution in [0.5, 0.6) is 0 Å². The van der Waals surface area contributed by atoms with E-state index in [0.29, 0.717) is 30.0 Å². The molecule has 0 unspecified atom stereocenters. The Labute approximate surface area is 213 Å². The highest BCUT2D eigenvalue weighted by atomic mass is 19.4. The molecule has 1 fully saturated rings. The lowest BCUT2D eigenvalue weighted by atomic mass is 9.99. The number of carbonyl (C=O) groups is 1. The van der Waals surface area contributed by atoms with Crippen LogP contribution in [0.1, 0.15) is 12.5 Å². The zero-order chi connectivity index (χ0) is 28.3. The topological polar surface area (TPSA) is 121 Å². The van der Waals surface area contributed by atoms with E-state index in [-0.39, 0.29) is 22.9 Å². The van der Waals surface area contributed by atoms with E-state index in [4.69, 9.17) is 15.6 Å². The molecule has 3 heterocycles. The predicted molar refractivity (Wildman–Crippen MR) is 130 cm³/mol. The van der Waals surface area contributed by atoms with Gasteiger partial charge in [0.1, 0.15) is 5.82 Å². The maximum absolute atomic E-state index is 14.0. The summed E-state index contributed by atoms with van der Waals surface area (Å²) in [5.41, 5.74) is 6.08. The average Bonchev–Trinajstić information content (AvgIpc) is 2.86. The van der Waals surface area contributed by atoms with Crippen molar-refractivity contribution < 1.29 is 36.2 Å². The molecule has 2 aromatic heterocycles. The number of nitrogens with one attached hydrogen (secondary N) is 1. The summed E-state index contributed by atoms with van der Waals surface area (Å²) in [7, 11) is 1.68. The summed E-state index contributed by atoms with van der Waals surface area (Å²) in [6.07, 6.45) is -9.60. The average molecular weight is 545 g/mol. The SMILES string of the molecule is CCN1CCN(c2cccc(C(F)(F)F)c2-c2ccc3c(NC)nc(N)nc3n2)CC1.O=C(O)C(F)(F)F. The Kier molecular flexibility index (Phi) is 8.49. The van der Waals surface area contributed by atoms with Crippen molar-refractivity contribution in [2.24, 2.45) is 0 Å². The Morgan fingerprint density at radius 2 is 1.66 bits per heavy atom. The zero-order valence-corrected chi connectivity index (χ0v) is 20.4. The van der Waals surface area contributed by atoms with Crippen molar-refractivity contribution in [3.63, 3.8) is 0 Å². The number of fused-ring (bicyclic) bond motifs is 1. The van der Waals surface area contributed by atoms with Gasteiger partial charge in [0, 0.05) is 44.5 Å². The van der Waals surface area contributed by atoms with E-state index in [1.54, 1.807) is 25.2 Å². The van der Waals surface area contributed by atoms with Gasteiger partial charge in [-0.1, -0.05) is 13.0 Å². The number of aromatic nitrogens is 3. The van der Waals surface area contributed by atoms with E-state index in [2.05, 4.69) is 32.1 Å². The highest BCUT2D eigenvalue weighted by molar-refractivity contribution is 5.90. The number of hydrogen-bond donors (Lipinski definition) is 3. The first-order valence-electron chi connectivity index (χ1n) is 11.4. The van der Waals surface area contributed by atoms with E-state index in [0.717, 1.165) is 25.7 Å².